The van der Waals surface area contributed by atoms with Crippen molar-refractivity contribution >= 4 is 15.7 Å². The molecule has 3 aromatic carbocycles. The summed E-state index contributed by atoms with van der Waals surface area (Å²) in [5, 5.41) is 0. The summed E-state index contributed by atoms with van der Waals surface area (Å²) >= 11 is 0. The molecule has 0 unspecified atom stereocenters. The number of hydrogen-bond acceptors (Lipinski definition) is 4. The normalized spacial score (nSPS) is 11.1. The number of anilines is 1. The summed E-state index contributed by atoms with van der Waals surface area (Å²) in [5.41, 5.74) is 1.47. The quantitative estimate of drug-likeness (QED) is 0.415. The molecule has 30 heavy (non-hydrogen) atoms. The van der Waals surface area contributed by atoms with E-state index in [4.69, 9.17) is 9.47 Å². The minimum absolute atomic E-state index is 0.220. The van der Waals surface area contributed by atoms with Crippen LogP contribution >= 0.6 is 0 Å². The van der Waals surface area contributed by atoms with E-state index in [1.807, 2.05) is 30.3 Å². The Morgan fingerprint density at radius 1 is 0.833 bits per heavy atom. The maximum atomic E-state index is 13.5. The minimum Gasteiger partial charge on any atom is -0.497 e. The van der Waals surface area contributed by atoms with Crippen molar-refractivity contribution in [2.24, 2.45) is 0 Å². The van der Waals surface area contributed by atoms with Gasteiger partial charge in [-0.1, -0.05) is 43.7 Å². The summed E-state index contributed by atoms with van der Waals surface area (Å²) in [6, 6.07) is 23.2. The molecule has 6 heteroatoms. The third-order valence-corrected chi connectivity index (χ3v) is 6.50. The van der Waals surface area contributed by atoms with Crippen LogP contribution in [0.5, 0.6) is 11.5 Å². The lowest BCUT2D eigenvalue weighted by Gasteiger charge is -2.25. The van der Waals surface area contributed by atoms with Crippen molar-refractivity contribution in [2.45, 2.75) is 31.2 Å². The van der Waals surface area contributed by atoms with Gasteiger partial charge in [-0.25, -0.2) is 8.42 Å². The zero-order chi connectivity index (χ0) is 21.4. The van der Waals surface area contributed by atoms with Crippen LogP contribution in [0.2, 0.25) is 0 Å². The fourth-order valence-electron chi connectivity index (χ4n) is 2.98. The largest absolute Gasteiger partial charge is 0.497 e. The number of sulfonamides is 1. The first-order valence-electron chi connectivity index (χ1n) is 9.98. The third-order valence-electron chi connectivity index (χ3n) is 4.71. The molecule has 0 amide bonds. The van der Waals surface area contributed by atoms with E-state index in [0.29, 0.717) is 23.8 Å². The van der Waals surface area contributed by atoms with Crippen molar-refractivity contribution < 1.29 is 17.9 Å². The lowest BCUT2D eigenvalue weighted by Crippen LogP contribution is -2.30. The van der Waals surface area contributed by atoms with Crippen LogP contribution in [0.1, 0.15) is 25.3 Å². The van der Waals surface area contributed by atoms with Gasteiger partial charge in [0, 0.05) is 0 Å². The summed E-state index contributed by atoms with van der Waals surface area (Å²) in [5.74, 6) is 1.34. The standard InChI is InChI=1S/C24H27NO4S/c1-3-4-18-29-23-14-16-24(17-15-23)30(26,27)25(19-20-8-6-5-7-9-20)21-10-12-22(28-2)13-11-21/h5-17H,3-4,18-19H2,1-2H3. The van der Waals surface area contributed by atoms with Crippen molar-refractivity contribution in [1.29, 1.82) is 0 Å². The van der Waals surface area contributed by atoms with Crippen molar-refractivity contribution in [3.8, 4) is 11.5 Å². The molecule has 3 aromatic rings. The topological polar surface area (TPSA) is 55.8 Å². The van der Waals surface area contributed by atoms with Crippen molar-refractivity contribution in [1.82, 2.24) is 0 Å². The first-order chi connectivity index (χ1) is 14.5. The van der Waals surface area contributed by atoms with Gasteiger partial charge >= 0.3 is 0 Å². The molecule has 0 bridgehead atoms. The lowest BCUT2D eigenvalue weighted by atomic mass is 10.2. The maximum Gasteiger partial charge on any atom is 0.264 e. The SMILES string of the molecule is CCCCOc1ccc(S(=O)(=O)N(Cc2ccccc2)c2ccc(OC)cc2)cc1. The second-order valence-corrected chi connectivity index (χ2v) is 8.73. The molecular weight excluding hydrogens is 398 g/mol. The highest BCUT2D eigenvalue weighted by atomic mass is 32.2. The predicted molar refractivity (Wildman–Crippen MR) is 120 cm³/mol. The zero-order valence-corrected chi connectivity index (χ0v) is 18.1. The van der Waals surface area contributed by atoms with E-state index >= 15 is 0 Å². The zero-order valence-electron chi connectivity index (χ0n) is 17.3. The Morgan fingerprint density at radius 2 is 1.47 bits per heavy atom. The van der Waals surface area contributed by atoms with Crippen LogP contribution in [0.15, 0.2) is 83.8 Å². The Bertz CT molecular complexity index is 1020. The fourth-order valence-corrected chi connectivity index (χ4v) is 4.43. The summed E-state index contributed by atoms with van der Waals surface area (Å²) in [6.45, 7) is 2.94. The third kappa shape index (κ3) is 5.33. The van der Waals surface area contributed by atoms with Gasteiger partial charge in [-0.15, -0.1) is 0 Å². The molecule has 3 rings (SSSR count). The van der Waals surface area contributed by atoms with Gasteiger partial charge in [0.15, 0.2) is 0 Å². The molecule has 0 saturated heterocycles. The Morgan fingerprint density at radius 3 is 2.07 bits per heavy atom. The summed E-state index contributed by atoms with van der Waals surface area (Å²) < 4.78 is 39.3. The molecule has 0 aliphatic rings. The Labute approximate surface area is 178 Å². The highest BCUT2D eigenvalue weighted by Gasteiger charge is 2.25. The van der Waals surface area contributed by atoms with Gasteiger partial charge in [0.1, 0.15) is 11.5 Å². The first-order valence-corrected chi connectivity index (χ1v) is 11.4. The number of methoxy groups -OCH3 is 1. The van der Waals surface area contributed by atoms with Crippen LogP contribution in [-0.4, -0.2) is 22.1 Å². The van der Waals surface area contributed by atoms with E-state index in [0.717, 1.165) is 18.4 Å². The minimum atomic E-state index is -3.78. The molecular formula is C24H27NO4S. The van der Waals surface area contributed by atoms with Gasteiger partial charge in [0.05, 0.1) is 30.8 Å². The molecule has 0 aliphatic carbocycles. The van der Waals surface area contributed by atoms with Gasteiger partial charge in [-0.05, 0) is 60.5 Å². The van der Waals surface area contributed by atoms with E-state index < -0.39 is 10.0 Å². The van der Waals surface area contributed by atoms with E-state index in [1.54, 1.807) is 55.6 Å². The van der Waals surface area contributed by atoms with Crippen LogP contribution in [-0.2, 0) is 16.6 Å². The predicted octanol–water partition coefficient (Wildman–Crippen LogP) is 5.27. The van der Waals surface area contributed by atoms with Crippen LogP contribution in [0.25, 0.3) is 0 Å². The van der Waals surface area contributed by atoms with E-state index in [-0.39, 0.29) is 11.4 Å². The Hall–Kier alpha value is -2.99. The van der Waals surface area contributed by atoms with E-state index in [2.05, 4.69) is 6.92 Å². The first kappa shape index (κ1) is 21.7. The van der Waals surface area contributed by atoms with Gasteiger partial charge < -0.3 is 9.47 Å². The molecule has 0 fully saturated rings. The van der Waals surface area contributed by atoms with Gasteiger partial charge in [0.2, 0.25) is 0 Å². The van der Waals surface area contributed by atoms with Crippen molar-refractivity contribution in [2.75, 3.05) is 18.0 Å². The average molecular weight is 426 g/mol. The van der Waals surface area contributed by atoms with Gasteiger partial charge in [-0.3, -0.25) is 4.31 Å². The van der Waals surface area contributed by atoms with Crippen LogP contribution in [0, 0.1) is 0 Å². The smallest absolute Gasteiger partial charge is 0.264 e. The molecule has 0 heterocycles. The van der Waals surface area contributed by atoms with Crippen molar-refractivity contribution in [3.63, 3.8) is 0 Å². The second kappa shape index (κ2) is 10.2. The van der Waals surface area contributed by atoms with Crippen LogP contribution in [0.3, 0.4) is 0 Å². The molecule has 0 aromatic heterocycles. The molecule has 0 N–H and O–H groups in total. The molecule has 0 saturated carbocycles. The number of hydrogen-bond donors (Lipinski definition) is 0. The van der Waals surface area contributed by atoms with E-state index in [9.17, 15) is 8.42 Å². The summed E-state index contributed by atoms with van der Waals surface area (Å²) in [6.07, 6.45) is 2.01. The molecule has 0 radical (unpaired) electrons. The van der Waals surface area contributed by atoms with Crippen molar-refractivity contribution in [3.05, 3.63) is 84.4 Å². The number of rotatable bonds is 10. The monoisotopic (exact) mass is 425 g/mol. The number of ether oxygens (including phenoxy) is 2. The summed E-state index contributed by atoms with van der Waals surface area (Å²) in [4.78, 5) is 0.220. The Kier molecular flexibility index (Phi) is 7.36. The van der Waals surface area contributed by atoms with Crippen LogP contribution < -0.4 is 13.8 Å². The van der Waals surface area contributed by atoms with Gasteiger partial charge in [-0.2, -0.15) is 0 Å². The lowest BCUT2D eigenvalue weighted by molar-refractivity contribution is 0.309. The fraction of sp³-hybridized carbons (Fsp3) is 0.250. The summed E-state index contributed by atoms with van der Waals surface area (Å²) in [7, 11) is -2.20. The number of nitrogens with zero attached hydrogens (tertiary/aromatic N) is 1. The average Bonchev–Trinajstić information content (AvgIpc) is 2.79. The number of benzene rings is 3. The van der Waals surface area contributed by atoms with E-state index in [1.165, 1.54) is 4.31 Å². The van der Waals surface area contributed by atoms with Crippen LogP contribution in [0.4, 0.5) is 5.69 Å². The molecule has 158 valence electrons. The molecule has 0 aliphatic heterocycles. The molecule has 5 nitrogen and oxygen atoms in total. The second-order valence-electron chi connectivity index (χ2n) is 6.87. The Balaban J connectivity index is 1.92. The molecule has 0 atom stereocenters. The highest BCUT2D eigenvalue weighted by molar-refractivity contribution is 7.92. The van der Waals surface area contributed by atoms with Gasteiger partial charge in [0.25, 0.3) is 10.0 Å². The highest BCUT2D eigenvalue weighted by Crippen LogP contribution is 2.28. The maximum absolute atomic E-state index is 13.5. The number of unbranched alkanes of at least 4 members (excludes halogenated alkanes) is 1. The molecule has 0 spiro atoms.